The van der Waals surface area contributed by atoms with Crippen LogP contribution in [0.4, 0.5) is 11.5 Å². The van der Waals surface area contributed by atoms with Crippen molar-refractivity contribution in [3.63, 3.8) is 0 Å². The molecule has 2 aromatic rings. The van der Waals surface area contributed by atoms with Gasteiger partial charge in [0.25, 0.3) is 0 Å². The van der Waals surface area contributed by atoms with Crippen LogP contribution < -0.4 is 5.32 Å². The van der Waals surface area contributed by atoms with E-state index in [9.17, 15) is 0 Å². The third-order valence-corrected chi connectivity index (χ3v) is 3.13. The second-order valence-corrected chi connectivity index (χ2v) is 4.90. The van der Waals surface area contributed by atoms with Crippen LogP contribution in [0.15, 0.2) is 30.5 Å². The zero-order valence-electron chi connectivity index (χ0n) is 7.92. The number of nitrogens with zero attached hydrogens (tertiary/aromatic N) is 2. The van der Waals surface area contributed by atoms with Crippen LogP contribution in [0.1, 0.15) is 0 Å². The molecule has 0 spiro atoms. The van der Waals surface area contributed by atoms with Gasteiger partial charge >= 0.3 is 0 Å². The summed E-state index contributed by atoms with van der Waals surface area (Å²) in [6.45, 7) is 0. The van der Waals surface area contributed by atoms with Gasteiger partial charge in [-0.25, -0.2) is 9.97 Å². The van der Waals surface area contributed by atoms with Gasteiger partial charge < -0.3 is 5.32 Å². The molecule has 3 nitrogen and oxygen atoms in total. The van der Waals surface area contributed by atoms with Crippen LogP contribution in [0.5, 0.6) is 0 Å². The highest BCUT2D eigenvalue weighted by molar-refractivity contribution is 14.1. The lowest BCUT2D eigenvalue weighted by Crippen LogP contribution is -1.96. The van der Waals surface area contributed by atoms with Crippen molar-refractivity contribution in [2.24, 2.45) is 0 Å². The number of hydrogen-bond acceptors (Lipinski definition) is 3. The highest BCUT2D eigenvalue weighted by Gasteiger charge is 2.02. The summed E-state index contributed by atoms with van der Waals surface area (Å²) in [4.78, 5) is 7.85. The molecule has 0 bridgehead atoms. The molecule has 0 atom stereocenters. The Morgan fingerprint density at radius 3 is 2.69 bits per heavy atom. The number of anilines is 2. The minimum absolute atomic E-state index is 0.217. The van der Waals surface area contributed by atoms with Crippen molar-refractivity contribution in [1.82, 2.24) is 9.97 Å². The summed E-state index contributed by atoms with van der Waals surface area (Å²) >= 11 is 13.8. The summed E-state index contributed by atoms with van der Waals surface area (Å²) in [6.07, 6.45) is 1.60. The largest absolute Gasteiger partial charge is 0.339 e. The average Bonchev–Trinajstić information content (AvgIpc) is 2.22. The van der Waals surface area contributed by atoms with Crippen LogP contribution in [-0.4, -0.2) is 9.97 Å². The number of rotatable bonds is 2. The molecular formula is C10H6Cl2IN3. The minimum Gasteiger partial charge on any atom is -0.339 e. The van der Waals surface area contributed by atoms with E-state index in [4.69, 9.17) is 23.2 Å². The maximum Gasteiger partial charge on any atom is 0.224 e. The van der Waals surface area contributed by atoms with E-state index >= 15 is 0 Å². The second kappa shape index (κ2) is 5.16. The van der Waals surface area contributed by atoms with Crippen molar-refractivity contribution < 1.29 is 0 Å². The van der Waals surface area contributed by atoms with Crippen LogP contribution >= 0.6 is 45.8 Å². The van der Waals surface area contributed by atoms with E-state index in [1.54, 1.807) is 12.3 Å². The number of hydrogen-bond donors (Lipinski definition) is 1. The van der Waals surface area contributed by atoms with Crippen LogP contribution in [0.3, 0.4) is 0 Å². The molecule has 1 heterocycles. The lowest BCUT2D eigenvalue weighted by Gasteiger charge is -2.07. The van der Waals surface area contributed by atoms with Crippen molar-refractivity contribution in [3.8, 4) is 0 Å². The van der Waals surface area contributed by atoms with E-state index < -0.39 is 0 Å². The van der Waals surface area contributed by atoms with Crippen molar-refractivity contribution in [1.29, 1.82) is 0 Å². The van der Waals surface area contributed by atoms with Gasteiger partial charge in [-0.2, -0.15) is 0 Å². The Hall–Kier alpha value is -0.590. The summed E-state index contributed by atoms with van der Waals surface area (Å²) in [5.41, 5.74) is 0.930. The Morgan fingerprint density at radius 2 is 2.00 bits per heavy atom. The first-order chi connectivity index (χ1) is 7.65. The van der Waals surface area contributed by atoms with Crippen molar-refractivity contribution >= 4 is 57.3 Å². The second-order valence-electron chi connectivity index (χ2n) is 2.96. The molecule has 0 aliphatic rings. The number of halogens is 3. The van der Waals surface area contributed by atoms with Gasteiger partial charge in [0.05, 0.1) is 5.69 Å². The molecule has 0 fully saturated rings. The van der Waals surface area contributed by atoms with Gasteiger partial charge in [-0.1, -0.05) is 11.6 Å². The SMILES string of the molecule is Clc1ccc(Nc2ccnc(Cl)n2)c(I)c1. The lowest BCUT2D eigenvalue weighted by atomic mass is 10.3. The molecule has 1 aromatic heterocycles. The van der Waals surface area contributed by atoms with Crippen molar-refractivity contribution in [2.75, 3.05) is 5.32 Å². The van der Waals surface area contributed by atoms with E-state index in [2.05, 4.69) is 37.9 Å². The molecule has 0 radical (unpaired) electrons. The van der Waals surface area contributed by atoms with Crippen LogP contribution in [-0.2, 0) is 0 Å². The minimum atomic E-state index is 0.217. The van der Waals surface area contributed by atoms with E-state index in [1.165, 1.54) is 0 Å². The van der Waals surface area contributed by atoms with Gasteiger partial charge in [-0.15, -0.1) is 0 Å². The van der Waals surface area contributed by atoms with Gasteiger partial charge in [0.2, 0.25) is 5.28 Å². The first-order valence-electron chi connectivity index (χ1n) is 4.36. The van der Waals surface area contributed by atoms with Gasteiger partial charge in [-0.05, 0) is 58.5 Å². The first-order valence-corrected chi connectivity index (χ1v) is 6.19. The Bertz CT molecular complexity index is 519. The fourth-order valence-electron chi connectivity index (χ4n) is 1.13. The summed E-state index contributed by atoms with van der Waals surface area (Å²) in [6, 6.07) is 7.32. The fourth-order valence-corrected chi connectivity index (χ4v) is 2.29. The smallest absolute Gasteiger partial charge is 0.224 e. The lowest BCUT2D eigenvalue weighted by molar-refractivity contribution is 1.17. The molecule has 82 valence electrons. The Morgan fingerprint density at radius 1 is 1.19 bits per heavy atom. The predicted octanol–water partition coefficient (Wildman–Crippen LogP) is 4.13. The van der Waals surface area contributed by atoms with Crippen molar-refractivity contribution in [3.05, 3.63) is 44.3 Å². The van der Waals surface area contributed by atoms with Crippen LogP contribution in [0.25, 0.3) is 0 Å². The Kier molecular flexibility index (Phi) is 3.83. The molecule has 0 saturated heterocycles. The standard InChI is InChI=1S/C10H6Cl2IN3/c11-6-1-2-8(7(13)5-6)15-9-3-4-14-10(12)16-9/h1-5H,(H,14,15,16). The van der Waals surface area contributed by atoms with E-state index in [0.29, 0.717) is 10.8 Å². The quantitative estimate of drug-likeness (QED) is 0.642. The van der Waals surface area contributed by atoms with Gasteiger partial charge in [0.1, 0.15) is 5.82 Å². The number of nitrogens with one attached hydrogen (secondary N) is 1. The molecule has 1 N–H and O–H groups in total. The van der Waals surface area contributed by atoms with Crippen molar-refractivity contribution in [2.45, 2.75) is 0 Å². The molecule has 0 amide bonds. The molecule has 0 saturated carbocycles. The molecule has 1 aromatic carbocycles. The van der Waals surface area contributed by atoms with Crippen LogP contribution in [0, 0.1) is 3.57 Å². The monoisotopic (exact) mass is 365 g/mol. The summed E-state index contributed by atoms with van der Waals surface area (Å²) in [5.74, 6) is 0.653. The topological polar surface area (TPSA) is 37.8 Å². The predicted molar refractivity (Wildman–Crippen MR) is 74.5 cm³/mol. The Labute approximate surface area is 116 Å². The zero-order chi connectivity index (χ0) is 11.5. The fraction of sp³-hybridized carbons (Fsp3) is 0. The van der Waals surface area contributed by atoms with Gasteiger partial charge in [0.15, 0.2) is 0 Å². The third-order valence-electron chi connectivity index (χ3n) is 1.82. The zero-order valence-corrected chi connectivity index (χ0v) is 11.6. The molecule has 2 rings (SSSR count). The average molecular weight is 366 g/mol. The van der Waals surface area contributed by atoms with Gasteiger partial charge in [-0.3, -0.25) is 0 Å². The van der Waals surface area contributed by atoms with E-state index in [-0.39, 0.29) is 5.28 Å². The molecule has 6 heteroatoms. The summed E-state index contributed by atoms with van der Waals surface area (Å²) < 4.78 is 1.01. The number of benzene rings is 1. The van der Waals surface area contributed by atoms with E-state index in [1.807, 2.05) is 18.2 Å². The summed E-state index contributed by atoms with van der Waals surface area (Å²) in [7, 11) is 0. The molecular weight excluding hydrogens is 360 g/mol. The first kappa shape index (κ1) is 11.9. The molecule has 16 heavy (non-hydrogen) atoms. The van der Waals surface area contributed by atoms with Gasteiger partial charge in [0, 0.05) is 14.8 Å². The normalized spacial score (nSPS) is 10.2. The molecule has 0 unspecified atom stereocenters. The molecule has 0 aliphatic heterocycles. The molecule has 0 aliphatic carbocycles. The third kappa shape index (κ3) is 2.96. The highest BCUT2D eigenvalue weighted by atomic mass is 127. The maximum atomic E-state index is 5.87. The Balaban J connectivity index is 2.27. The highest BCUT2D eigenvalue weighted by Crippen LogP contribution is 2.24. The number of aromatic nitrogens is 2. The van der Waals surface area contributed by atoms with Crippen LogP contribution in [0.2, 0.25) is 10.3 Å². The summed E-state index contributed by atoms with van der Waals surface area (Å²) in [5, 5.41) is 4.06. The van der Waals surface area contributed by atoms with E-state index in [0.717, 1.165) is 9.26 Å². The maximum absolute atomic E-state index is 5.87.